The van der Waals surface area contributed by atoms with Gasteiger partial charge >= 0.3 is 6.03 Å². The molecule has 0 aliphatic carbocycles. The quantitative estimate of drug-likeness (QED) is 0.541. The molecule has 1 N–H and O–H groups in total. The second-order valence-corrected chi connectivity index (χ2v) is 7.49. The summed E-state index contributed by atoms with van der Waals surface area (Å²) < 4.78 is 5.27. The van der Waals surface area contributed by atoms with Crippen molar-refractivity contribution < 1.29 is 24.0 Å². The number of nitro groups is 1. The fourth-order valence-electron chi connectivity index (χ4n) is 4.15. The van der Waals surface area contributed by atoms with Crippen LogP contribution in [0.15, 0.2) is 35.5 Å². The number of hydrogen-bond donors (Lipinski definition) is 1. The Kier molecular flexibility index (Phi) is 5.59. The SMILES string of the molecule is CCN1C(=O)NC(c2cccc([N+](=O)[O-])c2)C2=C1CN(CC(=O)N1CCOCC1)C2=O. The highest BCUT2D eigenvalue weighted by atomic mass is 16.6. The zero-order valence-corrected chi connectivity index (χ0v) is 17.1. The Bertz CT molecular complexity index is 971. The molecule has 164 valence electrons. The van der Waals surface area contributed by atoms with Gasteiger partial charge in [0, 0.05) is 31.8 Å². The lowest BCUT2D eigenvalue weighted by Gasteiger charge is -2.32. The summed E-state index contributed by atoms with van der Waals surface area (Å²) >= 11 is 0. The Morgan fingerprint density at radius 1 is 1.29 bits per heavy atom. The van der Waals surface area contributed by atoms with E-state index in [2.05, 4.69) is 5.32 Å². The number of urea groups is 1. The van der Waals surface area contributed by atoms with E-state index < -0.39 is 11.0 Å². The van der Waals surface area contributed by atoms with Crippen molar-refractivity contribution in [2.45, 2.75) is 13.0 Å². The number of non-ortho nitro benzene ring substituents is 1. The van der Waals surface area contributed by atoms with Crippen molar-refractivity contribution in [2.75, 3.05) is 45.9 Å². The van der Waals surface area contributed by atoms with Crippen molar-refractivity contribution in [1.82, 2.24) is 20.0 Å². The van der Waals surface area contributed by atoms with E-state index >= 15 is 0 Å². The molecule has 0 bridgehead atoms. The Morgan fingerprint density at radius 2 is 2.03 bits per heavy atom. The topological polar surface area (TPSA) is 125 Å². The van der Waals surface area contributed by atoms with Crippen molar-refractivity contribution in [3.05, 3.63) is 51.2 Å². The smallest absolute Gasteiger partial charge is 0.322 e. The number of morpholine rings is 1. The number of benzene rings is 1. The van der Waals surface area contributed by atoms with Gasteiger partial charge in [-0.3, -0.25) is 24.6 Å². The van der Waals surface area contributed by atoms with Gasteiger partial charge in [0.25, 0.3) is 11.6 Å². The van der Waals surface area contributed by atoms with Crippen LogP contribution in [-0.4, -0.2) is 83.4 Å². The number of hydrogen-bond acceptors (Lipinski definition) is 6. The van der Waals surface area contributed by atoms with E-state index in [9.17, 15) is 24.5 Å². The zero-order valence-electron chi connectivity index (χ0n) is 17.1. The summed E-state index contributed by atoms with van der Waals surface area (Å²) in [7, 11) is 0. The largest absolute Gasteiger partial charge is 0.378 e. The first kappa shape index (κ1) is 20.8. The molecule has 31 heavy (non-hydrogen) atoms. The van der Waals surface area contributed by atoms with Gasteiger partial charge in [0.1, 0.15) is 6.54 Å². The molecule has 0 aromatic heterocycles. The summed E-state index contributed by atoms with van der Waals surface area (Å²) in [6.07, 6.45) is 0. The molecule has 3 aliphatic rings. The van der Waals surface area contributed by atoms with E-state index in [1.165, 1.54) is 28.0 Å². The molecule has 0 spiro atoms. The number of nitrogens with zero attached hydrogens (tertiary/aromatic N) is 4. The number of rotatable bonds is 5. The van der Waals surface area contributed by atoms with Crippen molar-refractivity contribution in [2.24, 2.45) is 0 Å². The van der Waals surface area contributed by atoms with Crippen LogP contribution in [0, 0.1) is 10.1 Å². The molecule has 1 aromatic rings. The van der Waals surface area contributed by atoms with Gasteiger partial charge in [-0.2, -0.15) is 0 Å². The Balaban J connectivity index is 1.62. The summed E-state index contributed by atoms with van der Waals surface area (Å²) in [6, 6.07) is 4.66. The van der Waals surface area contributed by atoms with Gasteiger partial charge in [0.05, 0.1) is 42.0 Å². The van der Waals surface area contributed by atoms with Crippen LogP contribution in [0.3, 0.4) is 0 Å². The van der Waals surface area contributed by atoms with Crippen LogP contribution in [0.1, 0.15) is 18.5 Å². The lowest BCUT2D eigenvalue weighted by atomic mass is 9.95. The maximum atomic E-state index is 13.3. The molecule has 4 amide bonds. The molecule has 4 rings (SSSR count). The fourth-order valence-corrected chi connectivity index (χ4v) is 4.15. The predicted molar refractivity (Wildman–Crippen MR) is 108 cm³/mol. The molecule has 1 fully saturated rings. The van der Waals surface area contributed by atoms with Crippen LogP contribution in [0.5, 0.6) is 0 Å². The molecule has 0 saturated carbocycles. The predicted octanol–water partition coefficient (Wildman–Crippen LogP) is 0.636. The number of carbonyl (C=O) groups excluding carboxylic acids is 3. The number of amides is 4. The molecule has 3 aliphatic heterocycles. The average Bonchev–Trinajstić information content (AvgIpc) is 3.09. The van der Waals surface area contributed by atoms with Crippen LogP contribution in [0.25, 0.3) is 0 Å². The summed E-state index contributed by atoms with van der Waals surface area (Å²) in [5.74, 6) is -0.530. The number of carbonyl (C=O) groups is 3. The third-order valence-corrected chi connectivity index (χ3v) is 5.72. The number of ether oxygens (including phenoxy) is 1. The number of likely N-dealkylation sites (N-methyl/N-ethyl adjacent to an activating group) is 1. The first-order valence-electron chi connectivity index (χ1n) is 10.1. The van der Waals surface area contributed by atoms with Gasteiger partial charge in [-0.15, -0.1) is 0 Å². The molecule has 11 nitrogen and oxygen atoms in total. The van der Waals surface area contributed by atoms with E-state index in [1.807, 2.05) is 0 Å². The highest BCUT2D eigenvalue weighted by Gasteiger charge is 2.44. The highest BCUT2D eigenvalue weighted by molar-refractivity contribution is 6.03. The first-order valence-corrected chi connectivity index (χ1v) is 10.1. The molecular weight excluding hydrogens is 406 g/mol. The van der Waals surface area contributed by atoms with Crippen molar-refractivity contribution >= 4 is 23.5 Å². The van der Waals surface area contributed by atoms with Gasteiger partial charge in [-0.05, 0) is 12.5 Å². The van der Waals surface area contributed by atoms with E-state index in [-0.39, 0.29) is 36.6 Å². The zero-order chi connectivity index (χ0) is 22.1. The Morgan fingerprint density at radius 3 is 2.71 bits per heavy atom. The second kappa shape index (κ2) is 8.34. The third kappa shape index (κ3) is 3.83. The van der Waals surface area contributed by atoms with Gasteiger partial charge in [0.2, 0.25) is 5.91 Å². The maximum Gasteiger partial charge on any atom is 0.322 e. The van der Waals surface area contributed by atoms with Gasteiger partial charge in [0.15, 0.2) is 0 Å². The van der Waals surface area contributed by atoms with Crippen LogP contribution in [-0.2, 0) is 14.3 Å². The lowest BCUT2D eigenvalue weighted by Crippen LogP contribution is -2.47. The van der Waals surface area contributed by atoms with E-state index in [0.29, 0.717) is 49.7 Å². The van der Waals surface area contributed by atoms with E-state index in [1.54, 1.807) is 17.9 Å². The van der Waals surface area contributed by atoms with Crippen LogP contribution in [0.4, 0.5) is 10.5 Å². The Labute approximate surface area is 178 Å². The highest BCUT2D eigenvalue weighted by Crippen LogP contribution is 2.37. The molecular formula is C20H23N5O6. The van der Waals surface area contributed by atoms with Gasteiger partial charge in [-0.1, -0.05) is 12.1 Å². The average molecular weight is 429 g/mol. The van der Waals surface area contributed by atoms with E-state index in [0.717, 1.165) is 0 Å². The summed E-state index contributed by atoms with van der Waals surface area (Å²) in [6.45, 7) is 4.07. The first-order chi connectivity index (χ1) is 14.9. The van der Waals surface area contributed by atoms with Crippen LogP contribution < -0.4 is 5.32 Å². The minimum Gasteiger partial charge on any atom is -0.378 e. The monoisotopic (exact) mass is 429 g/mol. The van der Waals surface area contributed by atoms with Gasteiger partial charge < -0.3 is 19.9 Å². The molecule has 1 saturated heterocycles. The van der Waals surface area contributed by atoms with Crippen molar-refractivity contribution in [1.29, 1.82) is 0 Å². The fraction of sp³-hybridized carbons (Fsp3) is 0.450. The van der Waals surface area contributed by atoms with Crippen molar-refractivity contribution in [3.8, 4) is 0 Å². The van der Waals surface area contributed by atoms with Crippen LogP contribution >= 0.6 is 0 Å². The van der Waals surface area contributed by atoms with E-state index in [4.69, 9.17) is 4.74 Å². The summed E-state index contributed by atoms with van der Waals surface area (Å²) in [4.78, 5) is 53.9. The minimum absolute atomic E-state index is 0.0980. The minimum atomic E-state index is -0.818. The lowest BCUT2D eigenvalue weighted by molar-refractivity contribution is -0.384. The molecule has 1 aromatic carbocycles. The molecule has 0 radical (unpaired) electrons. The van der Waals surface area contributed by atoms with Gasteiger partial charge in [-0.25, -0.2) is 4.79 Å². The number of nitrogens with one attached hydrogen (secondary N) is 1. The van der Waals surface area contributed by atoms with Crippen molar-refractivity contribution in [3.63, 3.8) is 0 Å². The molecule has 1 atom stereocenters. The summed E-state index contributed by atoms with van der Waals surface area (Å²) in [5.41, 5.74) is 1.19. The summed E-state index contributed by atoms with van der Waals surface area (Å²) in [5, 5.41) is 14.0. The number of nitro benzene ring substituents is 1. The van der Waals surface area contributed by atoms with Crippen LogP contribution in [0.2, 0.25) is 0 Å². The molecule has 3 heterocycles. The Hall–Kier alpha value is -3.47. The normalized spacial score (nSPS) is 21.3. The molecule has 11 heteroatoms. The third-order valence-electron chi connectivity index (χ3n) is 5.72. The maximum absolute atomic E-state index is 13.3. The standard InChI is InChI=1S/C20H23N5O6/c1-2-24-15-11-23(12-16(26)22-6-8-31-9-7-22)19(27)17(15)18(21-20(24)28)13-4-3-5-14(10-13)25(29)30/h3-5,10,18H,2,6-9,11-12H2,1H3,(H,21,28). The second-order valence-electron chi connectivity index (χ2n) is 7.49. The molecule has 1 unspecified atom stereocenters.